The molecule has 3 rings (SSSR count). The Morgan fingerprint density at radius 1 is 1.50 bits per heavy atom. The highest BCUT2D eigenvalue weighted by Crippen LogP contribution is 2.27. The minimum Gasteiger partial charge on any atom is -0.340 e. The zero-order valence-corrected chi connectivity index (χ0v) is 10.6. The SMILES string of the molecule is CC1NCCC1c1nc2ncc(Br)cc2[nH]1. The van der Waals surface area contributed by atoms with E-state index in [1.54, 1.807) is 6.20 Å². The summed E-state index contributed by atoms with van der Waals surface area (Å²) in [5, 5.41) is 3.43. The number of H-pyrrole nitrogens is 1. The fourth-order valence-electron chi connectivity index (χ4n) is 2.30. The van der Waals surface area contributed by atoms with Gasteiger partial charge >= 0.3 is 0 Å². The number of hydrogen-bond acceptors (Lipinski definition) is 3. The molecule has 4 nitrogen and oxygen atoms in total. The second kappa shape index (κ2) is 3.82. The lowest BCUT2D eigenvalue weighted by Crippen LogP contribution is -2.22. The Bertz CT molecular complexity index is 522. The average molecular weight is 281 g/mol. The van der Waals surface area contributed by atoms with Gasteiger partial charge in [0.15, 0.2) is 5.65 Å². The zero-order chi connectivity index (χ0) is 11.1. The summed E-state index contributed by atoms with van der Waals surface area (Å²) in [4.78, 5) is 12.2. The predicted octanol–water partition coefficient (Wildman–Crippen LogP) is 2.19. The van der Waals surface area contributed by atoms with Gasteiger partial charge in [0.1, 0.15) is 5.82 Å². The number of imidazole rings is 1. The highest BCUT2D eigenvalue weighted by atomic mass is 79.9. The number of nitrogens with one attached hydrogen (secondary N) is 2. The predicted molar refractivity (Wildman–Crippen MR) is 66.4 cm³/mol. The molecule has 0 saturated carbocycles. The number of aromatic nitrogens is 3. The van der Waals surface area contributed by atoms with Gasteiger partial charge in [-0.2, -0.15) is 0 Å². The smallest absolute Gasteiger partial charge is 0.177 e. The number of fused-ring (bicyclic) bond motifs is 1. The third-order valence-electron chi connectivity index (χ3n) is 3.20. The van der Waals surface area contributed by atoms with Crippen LogP contribution in [-0.4, -0.2) is 27.5 Å². The first-order chi connectivity index (χ1) is 7.74. The van der Waals surface area contributed by atoms with Crippen molar-refractivity contribution >= 4 is 27.1 Å². The van der Waals surface area contributed by atoms with Gasteiger partial charge in [0.2, 0.25) is 0 Å². The molecule has 2 atom stereocenters. The summed E-state index contributed by atoms with van der Waals surface area (Å²) in [7, 11) is 0. The van der Waals surface area contributed by atoms with E-state index >= 15 is 0 Å². The lowest BCUT2D eigenvalue weighted by Gasteiger charge is -2.11. The molecule has 2 aromatic heterocycles. The van der Waals surface area contributed by atoms with Gasteiger partial charge in [0.25, 0.3) is 0 Å². The van der Waals surface area contributed by atoms with Crippen molar-refractivity contribution in [3.8, 4) is 0 Å². The van der Waals surface area contributed by atoms with Crippen molar-refractivity contribution in [3.63, 3.8) is 0 Å². The Morgan fingerprint density at radius 2 is 2.38 bits per heavy atom. The first-order valence-electron chi connectivity index (χ1n) is 5.48. The molecule has 1 aliphatic rings. The van der Waals surface area contributed by atoms with Crippen LogP contribution in [0.5, 0.6) is 0 Å². The first kappa shape index (κ1) is 10.2. The maximum atomic E-state index is 4.56. The topological polar surface area (TPSA) is 53.6 Å². The van der Waals surface area contributed by atoms with Crippen LogP contribution in [0.25, 0.3) is 11.2 Å². The number of halogens is 1. The van der Waals surface area contributed by atoms with Crippen LogP contribution >= 0.6 is 15.9 Å². The molecule has 0 bridgehead atoms. The number of hydrogen-bond donors (Lipinski definition) is 2. The standard InChI is InChI=1S/C11H13BrN4/c1-6-8(2-3-13-6)10-15-9-4-7(12)5-14-11(9)16-10/h4-6,8,13H,2-3H2,1H3,(H,14,15,16). The molecular weight excluding hydrogens is 268 g/mol. The molecule has 1 saturated heterocycles. The average Bonchev–Trinajstić information content (AvgIpc) is 2.82. The number of nitrogens with zero attached hydrogens (tertiary/aromatic N) is 2. The zero-order valence-electron chi connectivity index (χ0n) is 9.00. The Kier molecular flexibility index (Phi) is 2.44. The normalized spacial score (nSPS) is 25.4. The Labute approximate surface area is 102 Å². The monoisotopic (exact) mass is 280 g/mol. The molecule has 2 aromatic rings. The first-order valence-corrected chi connectivity index (χ1v) is 6.28. The summed E-state index contributed by atoms with van der Waals surface area (Å²) in [6.45, 7) is 3.27. The van der Waals surface area contributed by atoms with Crippen LogP contribution in [0.15, 0.2) is 16.7 Å². The highest BCUT2D eigenvalue weighted by molar-refractivity contribution is 9.10. The Morgan fingerprint density at radius 3 is 3.12 bits per heavy atom. The lowest BCUT2D eigenvalue weighted by atomic mass is 10.0. The van der Waals surface area contributed by atoms with Crippen LogP contribution in [0, 0.1) is 0 Å². The van der Waals surface area contributed by atoms with E-state index in [9.17, 15) is 0 Å². The van der Waals surface area contributed by atoms with E-state index in [1.807, 2.05) is 6.07 Å². The molecule has 2 N–H and O–H groups in total. The van der Waals surface area contributed by atoms with Crippen molar-refractivity contribution in [2.75, 3.05) is 6.54 Å². The second-order valence-corrected chi connectivity index (χ2v) is 5.20. The van der Waals surface area contributed by atoms with Gasteiger partial charge in [-0.25, -0.2) is 9.97 Å². The number of rotatable bonds is 1. The fraction of sp³-hybridized carbons (Fsp3) is 0.455. The van der Waals surface area contributed by atoms with Gasteiger partial charge in [-0.3, -0.25) is 0 Å². The number of pyridine rings is 1. The Balaban J connectivity index is 2.04. The largest absolute Gasteiger partial charge is 0.340 e. The van der Waals surface area contributed by atoms with Crippen molar-refractivity contribution in [3.05, 3.63) is 22.6 Å². The van der Waals surface area contributed by atoms with Crippen LogP contribution in [0.4, 0.5) is 0 Å². The van der Waals surface area contributed by atoms with Gasteiger partial charge in [-0.1, -0.05) is 0 Å². The van der Waals surface area contributed by atoms with E-state index in [4.69, 9.17) is 0 Å². The van der Waals surface area contributed by atoms with Crippen molar-refractivity contribution in [2.24, 2.45) is 0 Å². The maximum absolute atomic E-state index is 4.56. The molecule has 3 heterocycles. The molecule has 0 aromatic carbocycles. The molecule has 2 unspecified atom stereocenters. The van der Waals surface area contributed by atoms with E-state index in [1.165, 1.54) is 0 Å². The van der Waals surface area contributed by atoms with Crippen molar-refractivity contribution in [2.45, 2.75) is 25.3 Å². The summed E-state index contributed by atoms with van der Waals surface area (Å²) in [5.41, 5.74) is 1.81. The van der Waals surface area contributed by atoms with Crippen LogP contribution < -0.4 is 5.32 Å². The molecule has 5 heteroatoms. The van der Waals surface area contributed by atoms with E-state index in [-0.39, 0.29) is 0 Å². The van der Waals surface area contributed by atoms with E-state index < -0.39 is 0 Å². The van der Waals surface area contributed by atoms with Gasteiger partial charge in [0.05, 0.1) is 5.52 Å². The van der Waals surface area contributed by atoms with Crippen molar-refractivity contribution in [1.82, 2.24) is 20.3 Å². The van der Waals surface area contributed by atoms with E-state index in [0.717, 1.165) is 34.4 Å². The van der Waals surface area contributed by atoms with E-state index in [2.05, 4.69) is 43.1 Å². The fourth-order valence-corrected chi connectivity index (χ4v) is 2.63. The summed E-state index contributed by atoms with van der Waals surface area (Å²) >= 11 is 3.41. The van der Waals surface area contributed by atoms with Gasteiger partial charge < -0.3 is 10.3 Å². The summed E-state index contributed by atoms with van der Waals surface area (Å²) < 4.78 is 0.979. The second-order valence-electron chi connectivity index (χ2n) is 4.28. The van der Waals surface area contributed by atoms with Crippen molar-refractivity contribution < 1.29 is 0 Å². The summed E-state index contributed by atoms with van der Waals surface area (Å²) in [6.07, 6.45) is 2.92. The minimum atomic E-state index is 0.480. The maximum Gasteiger partial charge on any atom is 0.177 e. The quantitative estimate of drug-likeness (QED) is 0.842. The number of aromatic amines is 1. The third-order valence-corrected chi connectivity index (χ3v) is 3.63. The molecule has 1 fully saturated rings. The lowest BCUT2D eigenvalue weighted by molar-refractivity contribution is 0.574. The van der Waals surface area contributed by atoms with Crippen LogP contribution in [0.2, 0.25) is 0 Å². The van der Waals surface area contributed by atoms with Gasteiger partial charge in [0, 0.05) is 22.6 Å². The molecular formula is C11H13BrN4. The molecule has 84 valence electrons. The summed E-state index contributed by atoms with van der Waals surface area (Å²) in [5.74, 6) is 1.53. The third kappa shape index (κ3) is 1.64. The molecule has 0 aliphatic carbocycles. The van der Waals surface area contributed by atoms with Crippen LogP contribution in [-0.2, 0) is 0 Å². The van der Waals surface area contributed by atoms with Crippen molar-refractivity contribution in [1.29, 1.82) is 0 Å². The van der Waals surface area contributed by atoms with Crippen LogP contribution in [0.1, 0.15) is 25.1 Å². The van der Waals surface area contributed by atoms with Gasteiger partial charge in [-0.15, -0.1) is 0 Å². The molecule has 1 aliphatic heterocycles. The van der Waals surface area contributed by atoms with Crippen LogP contribution in [0.3, 0.4) is 0 Å². The molecule has 0 radical (unpaired) electrons. The molecule has 16 heavy (non-hydrogen) atoms. The Hall–Kier alpha value is -0.940. The molecule has 0 spiro atoms. The van der Waals surface area contributed by atoms with Gasteiger partial charge in [-0.05, 0) is 41.9 Å². The summed E-state index contributed by atoms with van der Waals surface area (Å²) in [6, 6.07) is 2.51. The highest BCUT2D eigenvalue weighted by Gasteiger charge is 2.27. The minimum absolute atomic E-state index is 0.480. The van der Waals surface area contributed by atoms with E-state index in [0.29, 0.717) is 12.0 Å². The molecule has 0 amide bonds.